The number of methoxy groups -OCH3 is 1. The van der Waals surface area contributed by atoms with Gasteiger partial charge in [-0.3, -0.25) is 9.59 Å². The van der Waals surface area contributed by atoms with E-state index in [4.69, 9.17) is 23.7 Å². The van der Waals surface area contributed by atoms with Crippen LogP contribution in [0, 0.1) is 6.92 Å². The number of carbonyl (C=O) groups is 2. The molecule has 1 aliphatic carbocycles. The van der Waals surface area contributed by atoms with Crippen LogP contribution in [0.15, 0.2) is 24.3 Å². The highest BCUT2D eigenvalue weighted by molar-refractivity contribution is 6.30. The summed E-state index contributed by atoms with van der Waals surface area (Å²) in [4.78, 5) is 27.0. The molecule has 228 valence electrons. The Morgan fingerprint density at radius 1 is 0.762 bits per heavy atom. The van der Waals surface area contributed by atoms with Crippen molar-refractivity contribution in [1.82, 2.24) is 0 Å². The lowest BCUT2D eigenvalue weighted by molar-refractivity contribution is -0.318. The SMILES string of the molecule is COc1cc(O[C@@H]2O[C@H](CO[C@H]3O[C@@H](C)[C@H](O)[C@@H](O)[C@H]3O)[C@@H](O)[C@H](O)[C@H]2O)c2c(c1)C(=O)c1cc(C)cc(O)c1C2=O. The van der Waals surface area contributed by atoms with Crippen LogP contribution in [0.25, 0.3) is 0 Å². The summed E-state index contributed by atoms with van der Waals surface area (Å²) in [7, 11) is 1.32. The molecule has 2 aromatic rings. The summed E-state index contributed by atoms with van der Waals surface area (Å²) in [5.74, 6) is -1.87. The molecule has 5 rings (SSSR count). The zero-order chi connectivity index (χ0) is 30.6. The second-order valence-electron chi connectivity index (χ2n) is 10.6. The Bertz CT molecular complexity index is 1380. The molecule has 0 bridgehead atoms. The predicted octanol–water partition coefficient (Wildman–Crippen LogP) is -1.48. The molecule has 14 nitrogen and oxygen atoms in total. The molecule has 10 atom stereocenters. The molecule has 0 radical (unpaired) electrons. The maximum Gasteiger partial charge on any atom is 0.229 e. The molecular formula is C28H32O14. The Kier molecular flexibility index (Phi) is 8.28. The molecule has 0 unspecified atom stereocenters. The fourth-order valence-corrected chi connectivity index (χ4v) is 5.29. The van der Waals surface area contributed by atoms with Crippen molar-refractivity contribution in [3.8, 4) is 17.2 Å². The Morgan fingerprint density at radius 2 is 1.40 bits per heavy atom. The van der Waals surface area contributed by atoms with Crippen LogP contribution in [0.3, 0.4) is 0 Å². The van der Waals surface area contributed by atoms with E-state index in [-0.39, 0.29) is 33.8 Å². The summed E-state index contributed by atoms with van der Waals surface area (Å²) >= 11 is 0. The number of hydrogen-bond donors (Lipinski definition) is 7. The molecule has 2 aliphatic heterocycles. The fraction of sp³-hybridized carbons (Fsp3) is 0.500. The van der Waals surface area contributed by atoms with E-state index in [1.807, 2.05) is 0 Å². The summed E-state index contributed by atoms with van der Waals surface area (Å²) in [6.07, 6.45) is -15.4. The summed E-state index contributed by atoms with van der Waals surface area (Å²) < 4.78 is 27.6. The van der Waals surface area contributed by atoms with Gasteiger partial charge in [-0.25, -0.2) is 0 Å². The lowest BCUT2D eigenvalue weighted by atomic mass is 9.82. The van der Waals surface area contributed by atoms with E-state index in [1.54, 1.807) is 6.92 Å². The molecule has 2 heterocycles. The molecule has 14 heteroatoms. The van der Waals surface area contributed by atoms with Gasteiger partial charge in [0, 0.05) is 17.2 Å². The van der Waals surface area contributed by atoms with Crippen molar-refractivity contribution in [2.45, 2.75) is 75.3 Å². The first-order valence-electron chi connectivity index (χ1n) is 13.2. The first-order chi connectivity index (χ1) is 19.8. The number of aliphatic hydroxyl groups is 6. The van der Waals surface area contributed by atoms with Gasteiger partial charge in [-0.1, -0.05) is 0 Å². The van der Waals surface area contributed by atoms with Crippen molar-refractivity contribution in [3.05, 3.63) is 52.1 Å². The van der Waals surface area contributed by atoms with Gasteiger partial charge in [-0.05, 0) is 37.6 Å². The van der Waals surface area contributed by atoms with Gasteiger partial charge in [0.1, 0.15) is 60.0 Å². The molecule has 2 fully saturated rings. The molecule has 0 aromatic heterocycles. The first kappa shape index (κ1) is 30.3. The Morgan fingerprint density at radius 3 is 2.10 bits per heavy atom. The lowest BCUT2D eigenvalue weighted by Gasteiger charge is -2.42. The molecule has 0 spiro atoms. The third kappa shape index (κ3) is 5.15. The van der Waals surface area contributed by atoms with Crippen molar-refractivity contribution in [1.29, 1.82) is 0 Å². The van der Waals surface area contributed by atoms with Crippen LogP contribution >= 0.6 is 0 Å². The Balaban J connectivity index is 1.42. The highest BCUT2D eigenvalue weighted by Gasteiger charge is 2.48. The minimum atomic E-state index is -1.84. The van der Waals surface area contributed by atoms with Crippen molar-refractivity contribution < 1.29 is 69.0 Å². The average Bonchev–Trinajstić information content (AvgIpc) is 2.95. The van der Waals surface area contributed by atoms with Crippen LogP contribution in [0.1, 0.15) is 44.3 Å². The molecule has 2 aromatic carbocycles. The number of ether oxygens (including phenoxy) is 5. The van der Waals surface area contributed by atoms with Gasteiger partial charge in [0.2, 0.25) is 12.1 Å². The largest absolute Gasteiger partial charge is 0.507 e. The van der Waals surface area contributed by atoms with E-state index in [0.29, 0.717) is 5.56 Å². The number of benzene rings is 2. The number of ketones is 2. The summed E-state index contributed by atoms with van der Waals surface area (Å²) in [5, 5.41) is 72.4. The van der Waals surface area contributed by atoms with Crippen molar-refractivity contribution >= 4 is 11.6 Å². The quantitative estimate of drug-likeness (QED) is 0.173. The van der Waals surface area contributed by atoms with Crippen LogP contribution in [0.2, 0.25) is 0 Å². The number of hydrogen-bond acceptors (Lipinski definition) is 14. The molecular weight excluding hydrogens is 560 g/mol. The number of carbonyl (C=O) groups excluding carboxylic acids is 2. The highest BCUT2D eigenvalue weighted by Crippen LogP contribution is 2.41. The number of aromatic hydroxyl groups is 1. The van der Waals surface area contributed by atoms with E-state index in [2.05, 4.69) is 0 Å². The lowest BCUT2D eigenvalue weighted by Crippen LogP contribution is -2.61. The van der Waals surface area contributed by atoms with Gasteiger partial charge in [0.15, 0.2) is 12.1 Å². The smallest absolute Gasteiger partial charge is 0.229 e. The number of rotatable bonds is 6. The van der Waals surface area contributed by atoms with Crippen molar-refractivity contribution in [3.63, 3.8) is 0 Å². The minimum Gasteiger partial charge on any atom is -0.507 e. The number of phenols is 1. The molecule has 3 aliphatic rings. The molecule has 2 saturated heterocycles. The van der Waals surface area contributed by atoms with Crippen LogP contribution in [-0.2, 0) is 14.2 Å². The van der Waals surface area contributed by atoms with Gasteiger partial charge in [0.05, 0.1) is 30.9 Å². The van der Waals surface area contributed by atoms with Gasteiger partial charge < -0.3 is 59.4 Å². The van der Waals surface area contributed by atoms with Crippen molar-refractivity contribution in [2.24, 2.45) is 0 Å². The first-order valence-corrected chi connectivity index (χ1v) is 13.2. The molecule has 42 heavy (non-hydrogen) atoms. The Hall–Kier alpha value is -3.18. The molecule has 0 amide bonds. The van der Waals surface area contributed by atoms with Crippen LogP contribution in [0.4, 0.5) is 0 Å². The predicted molar refractivity (Wildman–Crippen MR) is 138 cm³/mol. The normalized spacial score (nSPS) is 34.5. The summed E-state index contributed by atoms with van der Waals surface area (Å²) in [6.45, 7) is 2.57. The maximum absolute atomic E-state index is 13.6. The van der Waals surface area contributed by atoms with Gasteiger partial charge >= 0.3 is 0 Å². The molecule has 0 saturated carbocycles. The topological polar surface area (TPSA) is 222 Å². The third-order valence-corrected chi connectivity index (χ3v) is 7.66. The van der Waals surface area contributed by atoms with E-state index in [9.17, 15) is 45.3 Å². The van der Waals surface area contributed by atoms with E-state index >= 15 is 0 Å². The number of aryl methyl sites for hydroxylation is 1. The molecule has 7 N–H and O–H groups in total. The van der Waals surface area contributed by atoms with Crippen molar-refractivity contribution in [2.75, 3.05) is 13.7 Å². The zero-order valence-electron chi connectivity index (χ0n) is 22.8. The second-order valence-corrected chi connectivity index (χ2v) is 10.6. The van der Waals surface area contributed by atoms with E-state index in [0.717, 1.165) is 0 Å². The maximum atomic E-state index is 13.6. The number of phenolic OH excluding ortho intramolecular Hbond substituents is 1. The van der Waals surface area contributed by atoms with Gasteiger partial charge in [-0.2, -0.15) is 0 Å². The van der Waals surface area contributed by atoms with Gasteiger partial charge in [-0.15, -0.1) is 0 Å². The standard InChI is InChI=1S/C28H32O14/c1-9-4-12-17(14(29)5-9)22(33)18-13(20(12)31)6-11(38-3)7-15(18)41-28-26(37)24(35)21(32)16(42-28)8-39-27-25(36)23(34)19(30)10(2)40-27/h4-7,10,16,19,21,23-30,32,34-37H,8H2,1-3H3/t10-,16+,19-,21+,23+,24-,25+,26+,27-,28+/m0/s1. The van der Waals surface area contributed by atoms with E-state index < -0.39 is 85.3 Å². The Labute approximate surface area is 239 Å². The average molecular weight is 593 g/mol. The minimum absolute atomic E-state index is 0.00649. The van der Waals surface area contributed by atoms with Crippen LogP contribution < -0.4 is 9.47 Å². The highest BCUT2D eigenvalue weighted by atomic mass is 16.7. The monoisotopic (exact) mass is 592 g/mol. The summed E-state index contributed by atoms with van der Waals surface area (Å²) in [6, 6.07) is 5.41. The number of fused-ring (bicyclic) bond motifs is 2. The zero-order valence-corrected chi connectivity index (χ0v) is 22.8. The van der Waals surface area contributed by atoms with Gasteiger partial charge in [0.25, 0.3) is 0 Å². The second kappa shape index (κ2) is 11.5. The number of aliphatic hydroxyl groups excluding tert-OH is 6. The van der Waals surface area contributed by atoms with Crippen LogP contribution in [-0.4, -0.2) is 122 Å². The van der Waals surface area contributed by atoms with E-state index in [1.165, 1.54) is 38.3 Å². The summed E-state index contributed by atoms with van der Waals surface area (Å²) in [5.41, 5.74) is -0.00518. The fourth-order valence-electron chi connectivity index (χ4n) is 5.29. The third-order valence-electron chi connectivity index (χ3n) is 7.66. The van der Waals surface area contributed by atoms with Crippen LogP contribution in [0.5, 0.6) is 17.2 Å².